The standard InChI is InChI=1S/C56H95N3O17/c1-2-3-4-5-6-7-8-9-10-11-12-13-16-24-65-26-28-67-30-32-69-34-36-71-38-40-73-42-44-75-46-47-76-45-43-74-41-39-72-37-35-70-33-31-68-29-27-66-25-17-14-15-21-51(60)57-49-20-18-19-48-53(49)56(64)59(55(48)63)50-22-23-52(61)58-54(50)62/h18-20,50H,2-17,21-47H2,1H3,(H,57,60)(H,58,61,62). The molecule has 1 saturated heterocycles. The lowest BCUT2D eigenvalue weighted by Gasteiger charge is -2.27. The third kappa shape index (κ3) is 33.0. The van der Waals surface area contributed by atoms with Gasteiger partial charge in [0, 0.05) is 26.1 Å². The molecule has 0 saturated carbocycles. The maximum atomic E-state index is 13.2. The van der Waals surface area contributed by atoms with Crippen LogP contribution in [0, 0.1) is 0 Å². The van der Waals surface area contributed by atoms with Crippen LogP contribution in [0.15, 0.2) is 18.2 Å². The number of benzene rings is 1. The summed E-state index contributed by atoms with van der Waals surface area (Å²) in [7, 11) is 0. The van der Waals surface area contributed by atoms with Crippen molar-refractivity contribution in [3.05, 3.63) is 29.3 Å². The zero-order valence-corrected chi connectivity index (χ0v) is 46.1. The summed E-state index contributed by atoms with van der Waals surface area (Å²) in [4.78, 5) is 63.7. The summed E-state index contributed by atoms with van der Waals surface area (Å²) >= 11 is 0. The van der Waals surface area contributed by atoms with E-state index in [9.17, 15) is 24.0 Å². The molecule has 20 heteroatoms. The topological polar surface area (TPSA) is 223 Å². The van der Waals surface area contributed by atoms with Gasteiger partial charge in [-0.15, -0.1) is 0 Å². The van der Waals surface area contributed by atoms with Crippen molar-refractivity contribution in [2.24, 2.45) is 0 Å². The number of hydrogen-bond acceptors (Lipinski definition) is 17. The smallest absolute Gasteiger partial charge is 0.264 e. The van der Waals surface area contributed by atoms with Crippen molar-refractivity contribution in [1.29, 1.82) is 0 Å². The number of hydrogen-bond donors (Lipinski definition) is 2. The Morgan fingerprint density at radius 2 is 0.803 bits per heavy atom. The van der Waals surface area contributed by atoms with E-state index in [1.165, 1.54) is 83.1 Å². The van der Waals surface area contributed by atoms with Crippen LogP contribution in [0.4, 0.5) is 5.69 Å². The fraction of sp³-hybridized carbons (Fsp3) is 0.804. The van der Waals surface area contributed by atoms with Crippen LogP contribution >= 0.6 is 0 Å². The molecule has 20 nitrogen and oxygen atoms in total. The minimum absolute atomic E-state index is 0.0271. The van der Waals surface area contributed by atoms with Crippen LogP contribution in [-0.2, 0) is 71.2 Å². The van der Waals surface area contributed by atoms with E-state index in [0.717, 1.165) is 30.8 Å². The second kappa shape index (κ2) is 47.5. The van der Waals surface area contributed by atoms with Gasteiger partial charge in [0.2, 0.25) is 17.7 Å². The van der Waals surface area contributed by atoms with Crippen LogP contribution in [-0.4, -0.2) is 199 Å². The fourth-order valence-electron chi connectivity index (χ4n) is 8.24. The van der Waals surface area contributed by atoms with Gasteiger partial charge in [-0.05, 0) is 37.8 Å². The third-order valence-electron chi connectivity index (χ3n) is 12.4. The van der Waals surface area contributed by atoms with E-state index in [1.807, 2.05) is 0 Å². The molecule has 1 atom stereocenters. The number of piperidine rings is 1. The molecule has 2 aliphatic rings. The lowest BCUT2D eigenvalue weighted by molar-refractivity contribution is -0.136. The summed E-state index contributed by atoms with van der Waals surface area (Å²) < 4.78 is 66.7. The average Bonchev–Trinajstić information content (AvgIpc) is 3.70. The van der Waals surface area contributed by atoms with Gasteiger partial charge in [0.1, 0.15) is 6.04 Å². The van der Waals surface area contributed by atoms with E-state index in [4.69, 9.17) is 56.8 Å². The largest absolute Gasteiger partial charge is 0.379 e. The number of imide groups is 2. The van der Waals surface area contributed by atoms with Crippen LogP contribution in [0.5, 0.6) is 0 Å². The molecule has 0 bridgehead atoms. The number of fused-ring (bicyclic) bond motifs is 1. The van der Waals surface area contributed by atoms with Crippen molar-refractivity contribution in [2.45, 2.75) is 135 Å². The molecular formula is C56H95N3O17. The summed E-state index contributed by atoms with van der Waals surface area (Å²) in [6.07, 6.45) is 20.1. The number of rotatable bonds is 55. The fourth-order valence-corrected chi connectivity index (χ4v) is 8.24. The first kappa shape index (κ1) is 66.8. The monoisotopic (exact) mass is 1080 g/mol. The van der Waals surface area contributed by atoms with E-state index >= 15 is 0 Å². The first-order valence-corrected chi connectivity index (χ1v) is 28.5. The molecule has 76 heavy (non-hydrogen) atoms. The zero-order valence-electron chi connectivity index (χ0n) is 46.1. The highest BCUT2D eigenvalue weighted by Gasteiger charge is 2.45. The van der Waals surface area contributed by atoms with Crippen molar-refractivity contribution in [1.82, 2.24) is 10.2 Å². The molecule has 1 fully saturated rings. The van der Waals surface area contributed by atoms with E-state index in [1.54, 1.807) is 12.1 Å². The maximum Gasteiger partial charge on any atom is 0.264 e. The summed E-state index contributed by atoms with van der Waals surface area (Å²) in [6, 6.07) is 3.53. The number of nitrogens with one attached hydrogen (secondary N) is 2. The normalized spacial score (nSPS) is 14.5. The van der Waals surface area contributed by atoms with E-state index in [-0.39, 0.29) is 42.0 Å². The lowest BCUT2D eigenvalue weighted by Crippen LogP contribution is -2.54. The number of carbonyl (C=O) groups is 5. The van der Waals surface area contributed by atoms with E-state index in [0.29, 0.717) is 158 Å². The van der Waals surface area contributed by atoms with Crippen molar-refractivity contribution >= 4 is 35.2 Å². The molecule has 0 aromatic heterocycles. The average molecular weight is 1080 g/mol. The van der Waals surface area contributed by atoms with Gasteiger partial charge in [-0.25, -0.2) is 0 Å². The molecular weight excluding hydrogens is 987 g/mol. The van der Waals surface area contributed by atoms with Gasteiger partial charge in [-0.1, -0.05) is 96.5 Å². The van der Waals surface area contributed by atoms with Crippen molar-refractivity contribution in [3.63, 3.8) is 0 Å². The first-order valence-electron chi connectivity index (χ1n) is 28.5. The highest BCUT2D eigenvalue weighted by atomic mass is 16.6. The van der Waals surface area contributed by atoms with Crippen LogP contribution in [0.2, 0.25) is 0 Å². The number of unbranched alkanes of at least 4 members (excludes halogenated alkanes) is 14. The summed E-state index contributed by atoms with van der Waals surface area (Å²) in [5.41, 5.74) is 0.381. The minimum atomic E-state index is -1.08. The Morgan fingerprint density at radius 3 is 1.17 bits per heavy atom. The van der Waals surface area contributed by atoms with E-state index in [2.05, 4.69) is 17.6 Å². The molecule has 0 spiro atoms. The Balaban J connectivity index is 0.923. The zero-order chi connectivity index (χ0) is 54.2. The molecule has 0 aliphatic carbocycles. The molecule has 2 heterocycles. The van der Waals surface area contributed by atoms with Crippen molar-refractivity contribution < 1.29 is 80.8 Å². The number of amides is 5. The predicted octanol–water partition coefficient (Wildman–Crippen LogP) is 6.88. The van der Waals surface area contributed by atoms with Gasteiger partial charge in [-0.2, -0.15) is 0 Å². The number of ether oxygens (including phenoxy) is 12. The Hall–Kier alpha value is -3.51. The molecule has 2 N–H and O–H groups in total. The predicted molar refractivity (Wildman–Crippen MR) is 286 cm³/mol. The van der Waals surface area contributed by atoms with Crippen molar-refractivity contribution in [3.8, 4) is 0 Å². The van der Waals surface area contributed by atoms with Gasteiger partial charge >= 0.3 is 0 Å². The SMILES string of the molecule is CCCCCCCCCCCCCCCOCCOCCOCCOCCOCCOCCOCCOCCOCCOCCOCCOCCCCCC(=O)Nc1cccc2c1C(=O)N(C1CCC(=O)NC1=O)C2=O. The van der Waals surface area contributed by atoms with Crippen molar-refractivity contribution in [2.75, 3.05) is 164 Å². The highest BCUT2D eigenvalue weighted by molar-refractivity contribution is 6.26. The van der Waals surface area contributed by atoms with Crippen LogP contribution < -0.4 is 10.6 Å². The Kier molecular flexibility index (Phi) is 41.7. The highest BCUT2D eigenvalue weighted by Crippen LogP contribution is 2.32. The lowest BCUT2D eigenvalue weighted by atomic mass is 10.0. The second-order valence-electron chi connectivity index (χ2n) is 18.6. The van der Waals surface area contributed by atoms with E-state index < -0.39 is 29.7 Å². The molecule has 1 aromatic carbocycles. The first-order chi connectivity index (χ1) is 37.4. The minimum Gasteiger partial charge on any atom is -0.379 e. The van der Waals surface area contributed by atoms with Crippen LogP contribution in [0.1, 0.15) is 150 Å². The number of anilines is 1. The quantitative estimate of drug-likeness (QED) is 0.0501. The van der Waals surface area contributed by atoms with Gasteiger partial charge in [0.05, 0.1) is 162 Å². The molecule has 1 unspecified atom stereocenters. The summed E-state index contributed by atoms with van der Waals surface area (Å²) in [5, 5.41) is 4.92. The Bertz CT molecular complexity index is 1660. The van der Waals surface area contributed by atoms with Gasteiger partial charge in [0.25, 0.3) is 11.8 Å². The summed E-state index contributed by atoms with van der Waals surface area (Å²) in [5.74, 6) is -2.72. The second-order valence-corrected chi connectivity index (χ2v) is 18.6. The summed E-state index contributed by atoms with van der Waals surface area (Å²) in [6.45, 7) is 14.5. The molecule has 3 rings (SSSR count). The maximum absolute atomic E-state index is 13.2. The van der Waals surface area contributed by atoms with Gasteiger partial charge < -0.3 is 62.2 Å². The van der Waals surface area contributed by atoms with Gasteiger partial charge in [0.15, 0.2) is 0 Å². The molecule has 436 valence electrons. The number of carbonyl (C=O) groups excluding carboxylic acids is 5. The molecule has 0 radical (unpaired) electrons. The van der Waals surface area contributed by atoms with Crippen LogP contribution in [0.25, 0.3) is 0 Å². The van der Waals surface area contributed by atoms with Crippen LogP contribution in [0.3, 0.4) is 0 Å². The third-order valence-corrected chi connectivity index (χ3v) is 12.4. The molecule has 1 aromatic rings. The Labute approximate surface area is 453 Å². The number of nitrogens with zero attached hydrogens (tertiary/aromatic N) is 1. The molecule has 2 aliphatic heterocycles. The van der Waals surface area contributed by atoms with Gasteiger partial charge in [-0.3, -0.25) is 34.2 Å². The molecule has 5 amide bonds. The Morgan fingerprint density at radius 1 is 0.461 bits per heavy atom.